The number of aryl methyl sites for hydroxylation is 2. The van der Waals surface area contributed by atoms with Crippen LogP contribution in [0, 0.1) is 12.8 Å². The summed E-state index contributed by atoms with van der Waals surface area (Å²) in [6, 6.07) is 10.0. The molecule has 0 heterocycles. The van der Waals surface area contributed by atoms with Gasteiger partial charge < -0.3 is 5.32 Å². The van der Waals surface area contributed by atoms with E-state index in [1.165, 1.54) is 17.7 Å². The van der Waals surface area contributed by atoms with Crippen LogP contribution in [-0.4, -0.2) is 5.91 Å². The highest BCUT2D eigenvalue weighted by Gasteiger charge is 2.30. The molecule has 0 aliphatic heterocycles. The molecule has 0 spiro atoms. The van der Waals surface area contributed by atoms with Crippen molar-refractivity contribution in [3.63, 3.8) is 0 Å². The maximum Gasteiger partial charge on any atom is 0.416 e. The average molecular weight is 349 g/mol. The normalized spacial score (nSPS) is 11.6. The van der Waals surface area contributed by atoms with Gasteiger partial charge in [-0.15, -0.1) is 0 Å². The smallest absolute Gasteiger partial charge is 0.322 e. The first-order valence-electron chi connectivity index (χ1n) is 8.25. The molecule has 25 heavy (non-hydrogen) atoms. The summed E-state index contributed by atoms with van der Waals surface area (Å²) in [5, 5.41) is 2.53. The van der Waals surface area contributed by atoms with E-state index in [2.05, 4.69) is 19.2 Å². The van der Waals surface area contributed by atoms with Crippen LogP contribution in [0.15, 0.2) is 42.5 Å². The van der Waals surface area contributed by atoms with Gasteiger partial charge in [0.2, 0.25) is 0 Å². The predicted octanol–water partition coefficient (Wildman–Crippen LogP) is 5.85. The zero-order chi connectivity index (χ0) is 18.6. The van der Waals surface area contributed by atoms with Gasteiger partial charge in [-0.1, -0.05) is 26.0 Å². The van der Waals surface area contributed by atoms with Gasteiger partial charge >= 0.3 is 6.18 Å². The average Bonchev–Trinajstić information content (AvgIpc) is 2.53. The molecule has 0 saturated carbocycles. The first kappa shape index (κ1) is 19.0. The molecule has 2 aromatic carbocycles. The summed E-state index contributed by atoms with van der Waals surface area (Å²) in [5.41, 5.74) is 1.97. The first-order valence-corrected chi connectivity index (χ1v) is 8.25. The molecular formula is C20H22F3NO. The minimum absolute atomic E-state index is 0.126. The van der Waals surface area contributed by atoms with Crippen LogP contribution < -0.4 is 5.32 Å². The lowest BCUT2D eigenvalue weighted by Crippen LogP contribution is -2.13. The van der Waals surface area contributed by atoms with Gasteiger partial charge in [0.05, 0.1) is 5.56 Å². The van der Waals surface area contributed by atoms with E-state index < -0.39 is 17.6 Å². The van der Waals surface area contributed by atoms with Crippen molar-refractivity contribution in [2.75, 3.05) is 5.32 Å². The number of rotatable bonds is 5. The number of amides is 1. The summed E-state index contributed by atoms with van der Waals surface area (Å²) in [7, 11) is 0. The Bertz CT molecular complexity index is 751. The van der Waals surface area contributed by atoms with E-state index in [0.717, 1.165) is 30.5 Å². The van der Waals surface area contributed by atoms with Crippen LogP contribution in [0.4, 0.5) is 18.9 Å². The number of nitrogens with one attached hydrogen (secondary N) is 1. The number of anilines is 1. The highest BCUT2D eigenvalue weighted by molar-refractivity contribution is 6.04. The van der Waals surface area contributed by atoms with Crippen LogP contribution in [0.3, 0.4) is 0 Å². The summed E-state index contributed by atoms with van der Waals surface area (Å²) in [6.07, 6.45) is -2.43. The molecule has 0 radical (unpaired) electrons. The lowest BCUT2D eigenvalue weighted by molar-refractivity contribution is -0.137. The van der Waals surface area contributed by atoms with E-state index in [1.807, 2.05) is 13.0 Å². The summed E-state index contributed by atoms with van der Waals surface area (Å²) >= 11 is 0. The van der Waals surface area contributed by atoms with Crippen LogP contribution in [0.2, 0.25) is 0 Å². The molecule has 0 saturated heterocycles. The molecule has 2 nitrogen and oxygen atoms in total. The summed E-state index contributed by atoms with van der Waals surface area (Å²) in [4.78, 5) is 12.3. The van der Waals surface area contributed by atoms with Crippen molar-refractivity contribution >= 4 is 11.6 Å². The number of alkyl halides is 3. The monoisotopic (exact) mass is 349 g/mol. The third kappa shape index (κ3) is 5.34. The molecule has 0 bridgehead atoms. The van der Waals surface area contributed by atoms with E-state index in [0.29, 0.717) is 11.5 Å². The molecule has 0 fully saturated rings. The number of hydrogen-bond donors (Lipinski definition) is 1. The SMILES string of the molecule is Cc1cc(C(=O)Nc2cccc(C(F)(F)F)c2)ccc1CCC(C)C. The second-order valence-electron chi connectivity index (χ2n) is 6.61. The Labute approximate surface area is 146 Å². The molecule has 0 aliphatic rings. The van der Waals surface area contributed by atoms with Crippen molar-refractivity contribution in [2.24, 2.45) is 5.92 Å². The molecule has 134 valence electrons. The zero-order valence-corrected chi connectivity index (χ0v) is 14.6. The van der Waals surface area contributed by atoms with Gasteiger partial charge in [-0.05, 0) is 67.1 Å². The highest BCUT2D eigenvalue weighted by atomic mass is 19.4. The lowest BCUT2D eigenvalue weighted by Gasteiger charge is -2.12. The largest absolute Gasteiger partial charge is 0.416 e. The molecule has 0 atom stereocenters. The van der Waals surface area contributed by atoms with Gasteiger partial charge in [0.25, 0.3) is 5.91 Å². The van der Waals surface area contributed by atoms with Crippen molar-refractivity contribution in [3.8, 4) is 0 Å². The number of hydrogen-bond acceptors (Lipinski definition) is 1. The van der Waals surface area contributed by atoms with Gasteiger partial charge in [0, 0.05) is 11.3 Å². The highest BCUT2D eigenvalue weighted by Crippen LogP contribution is 2.30. The van der Waals surface area contributed by atoms with Crippen molar-refractivity contribution in [1.29, 1.82) is 0 Å². The molecule has 5 heteroatoms. The fourth-order valence-corrected chi connectivity index (χ4v) is 2.54. The first-order chi connectivity index (χ1) is 11.7. The summed E-state index contributed by atoms with van der Waals surface area (Å²) in [5.74, 6) is 0.182. The quantitative estimate of drug-likeness (QED) is 0.720. The van der Waals surface area contributed by atoms with E-state index in [-0.39, 0.29) is 5.69 Å². The minimum atomic E-state index is -4.44. The van der Waals surface area contributed by atoms with Crippen LogP contribution in [0.1, 0.15) is 47.3 Å². The molecule has 2 aromatic rings. The van der Waals surface area contributed by atoms with Crippen molar-refractivity contribution in [2.45, 2.75) is 39.8 Å². The fourth-order valence-electron chi connectivity index (χ4n) is 2.54. The summed E-state index contributed by atoms with van der Waals surface area (Å²) in [6.45, 7) is 6.26. The minimum Gasteiger partial charge on any atom is -0.322 e. The topological polar surface area (TPSA) is 29.1 Å². The number of benzene rings is 2. The number of carbonyl (C=O) groups excluding carboxylic acids is 1. The maximum atomic E-state index is 12.7. The molecule has 0 aliphatic carbocycles. The van der Waals surface area contributed by atoms with Gasteiger partial charge in [0.15, 0.2) is 0 Å². The Morgan fingerprint density at radius 2 is 1.84 bits per heavy atom. The molecule has 0 unspecified atom stereocenters. The Morgan fingerprint density at radius 1 is 1.12 bits per heavy atom. The van der Waals surface area contributed by atoms with Gasteiger partial charge in [-0.25, -0.2) is 0 Å². The van der Waals surface area contributed by atoms with Gasteiger partial charge in [-0.3, -0.25) is 4.79 Å². The Morgan fingerprint density at radius 3 is 2.44 bits per heavy atom. The van der Waals surface area contributed by atoms with E-state index in [9.17, 15) is 18.0 Å². The van der Waals surface area contributed by atoms with Crippen molar-refractivity contribution < 1.29 is 18.0 Å². The second-order valence-corrected chi connectivity index (χ2v) is 6.61. The van der Waals surface area contributed by atoms with Crippen LogP contribution in [0.25, 0.3) is 0 Å². The van der Waals surface area contributed by atoms with E-state index in [1.54, 1.807) is 12.1 Å². The second kappa shape index (κ2) is 7.72. The molecule has 1 amide bonds. The lowest BCUT2D eigenvalue weighted by atomic mass is 9.97. The molecular weight excluding hydrogens is 327 g/mol. The Kier molecular flexibility index (Phi) is 5.88. The number of halogens is 3. The third-order valence-electron chi connectivity index (χ3n) is 4.04. The Balaban J connectivity index is 2.12. The third-order valence-corrected chi connectivity index (χ3v) is 4.04. The Hall–Kier alpha value is -2.30. The maximum absolute atomic E-state index is 12.7. The van der Waals surface area contributed by atoms with Gasteiger partial charge in [-0.2, -0.15) is 13.2 Å². The van der Waals surface area contributed by atoms with Crippen LogP contribution in [0.5, 0.6) is 0 Å². The van der Waals surface area contributed by atoms with Crippen LogP contribution >= 0.6 is 0 Å². The van der Waals surface area contributed by atoms with Gasteiger partial charge in [0.1, 0.15) is 0 Å². The predicted molar refractivity (Wildman–Crippen MR) is 93.7 cm³/mol. The molecule has 2 rings (SSSR count). The van der Waals surface area contributed by atoms with E-state index >= 15 is 0 Å². The molecule has 1 N–H and O–H groups in total. The van der Waals surface area contributed by atoms with E-state index in [4.69, 9.17) is 0 Å². The number of carbonyl (C=O) groups is 1. The molecule has 0 aromatic heterocycles. The fraction of sp³-hybridized carbons (Fsp3) is 0.350. The summed E-state index contributed by atoms with van der Waals surface area (Å²) < 4.78 is 38.2. The zero-order valence-electron chi connectivity index (χ0n) is 14.6. The van der Waals surface area contributed by atoms with Crippen LogP contribution in [-0.2, 0) is 12.6 Å². The van der Waals surface area contributed by atoms with Crippen molar-refractivity contribution in [3.05, 3.63) is 64.7 Å². The standard InChI is InChI=1S/C20H22F3NO/c1-13(2)7-8-15-9-10-16(11-14(15)3)19(25)24-18-6-4-5-17(12-18)20(21,22)23/h4-6,9-13H,7-8H2,1-3H3,(H,24,25). The van der Waals surface area contributed by atoms with Crippen molar-refractivity contribution in [1.82, 2.24) is 0 Å².